The summed E-state index contributed by atoms with van der Waals surface area (Å²) in [7, 11) is 0. The zero-order chi connectivity index (χ0) is 18.0. The number of nitrogens with zero attached hydrogens (tertiary/aromatic N) is 2. The number of amides is 1. The highest BCUT2D eigenvalue weighted by Crippen LogP contribution is 2.32. The summed E-state index contributed by atoms with van der Waals surface area (Å²) < 4.78 is 27.7. The first-order valence-electron chi connectivity index (χ1n) is 7.82. The number of benzene rings is 2. The molecule has 1 aromatic heterocycles. The smallest absolute Gasteiger partial charge is 0.273 e. The molecule has 1 heterocycles. The number of halogens is 2. The van der Waals surface area contributed by atoms with Crippen molar-refractivity contribution in [1.29, 1.82) is 0 Å². The van der Waals surface area contributed by atoms with Crippen LogP contribution in [0.5, 0.6) is 0 Å². The van der Waals surface area contributed by atoms with E-state index in [1.165, 1.54) is 12.1 Å². The van der Waals surface area contributed by atoms with Crippen LogP contribution in [0.2, 0.25) is 0 Å². The van der Waals surface area contributed by atoms with Gasteiger partial charge in [0, 0.05) is 23.1 Å². The van der Waals surface area contributed by atoms with Crippen LogP contribution in [0, 0.1) is 11.6 Å². The maximum Gasteiger partial charge on any atom is 0.273 e. The van der Waals surface area contributed by atoms with Gasteiger partial charge in [-0.15, -0.1) is 10.2 Å². The molecule has 128 valence electrons. The SMILES string of the molecule is CCCNC(=O)c1nnc2c(-c3cccc(F)c3F)cccc2c1N. The summed E-state index contributed by atoms with van der Waals surface area (Å²) in [5.74, 6) is -2.35. The third kappa shape index (κ3) is 3.00. The Balaban J connectivity index is 2.17. The quantitative estimate of drug-likeness (QED) is 0.762. The van der Waals surface area contributed by atoms with Gasteiger partial charge < -0.3 is 11.1 Å². The van der Waals surface area contributed by atoms with Crippen molar-refractivity contribution in [1.82, 2.24) is 15.5 Å². The Kier molecular flexibility index (Phi) is 4.56. The molecule has 25 heavy (non-hydrogen) atoms. The van der Waals surface area contributed by atoms with Gasteiger partial charge in [-0.2, -0.15) is 0 Å². The molecule has 3 rings (SSSR count). The minimum atomic E-state index is -0.972. The molecular weight excluding hydrogens is 326 g/mol. The lowest BCUT2D eigenvalue weighted by Crippen LogP contribution is -2.26. The maximum atomic E-state index is 14.1. The Morgan fingerprint density at radius 3 is 2.60 bits per heavy atom. The van der Waals surface area contributed by atoms with E-state index in [1.807, 2.05) is 6.92 Å². The molecule has 2 aromatic carbocycles. The highest BCUT2D eigenvalue weighted by molar-refractivity contribution is 6.07. The molecule has 0 unspecified atom stereocenters. The van der Waals surface area contributed by atoms with E-state index >= 15 is 0 Å². The first kappa shape index (κ1) is 16.8. The van der Waals surface area contributed by atoms with Crippen LogP contribution in [0.1, 0.15) is 23.8 Å². The number of carbonyl (C=O) groups excluding carboxylic acids is 1. The van der Waals surface area contributed by atoms with Crippen LogP contribution in [0.15, 0.2) is 36.4 Å². The van der Waals surface area contributed by atoms with E-state index in [1.54, 1.807) is 18.2 Å². The lowest BCUT2D eigenvalue weighted by atomic mass is 10.0. The number of hydrogen-bond donors (Lipinski definition) is 2. The lowest BCUT2D eigenvalue weighted by Gasteiger charge is -2.11. The van der Waals surface area contributed by atoms with Gasteiger partial charge in [-0.05, 0) is 12.5 Å². The number of anilines is 1. The van der Waals surface area contributed by atoms with Crippen molar-refractivity contribution in [3.63, 3.8) is 0 Å². The third-order valence-corrected chi connectivity index (χ3v) is 3.82. The Hall–Kier alpha value is -3.09. The highest BCUT2D eigenvalue weighted by Gasteiger charge is 2.18. The van der Waals surface area contributed by atoms with E-state index in [4.69, 9.17) is 5.73 Å². The number of nitrogens with one attached hydrogen (secondary N) is 1. The molecule has 0 fully saturated rings. The summed E-state index contributed by atoms with van der Waals surface area (Å²) in [6, 6.07) is 8.82. The molecule has 0 aliphatic heterocycles. The van der Waals surface area contributed by atoms with Crippen molar-refractivity contribution in [2.24, 2.45) is 0 Å². The topological polar surface area (TPSA) is 80.9 Å². The van der Waals surface area contributed by atoms with Crippen molar-refractivity contribution >= 4 is 22.5 Å². The maximum absolute atomic E-state index is 14.1. The number of nitrogen functional groups attached to an aromatic ring is 1. The lowest BCUT2D eigenvalue weighted by molar-refractivity contribution is 0.0949. The molecule has 0 bridgehead atoms. The average Bonchev–Trinajstić information content (AvgIpc) is 2.62. The van der Waals surface area contributed by atoms with E-state index in [-0.39, 0.29) is 16.9 Å². The van der Waals surface area contributed by atoms with Gasteiger partial charge in [0.25, 0.3) is 5.91 Å². The van der Waals surface area contributed by atoms with E-state index in [9.17, 15) is 13.6 Å². The summed E-state index contributed by atoms with van der Waals surface area (Å²) in [6.45, 7) is 2.42. The van der Waals surface area contributed by atoms with Gasteiger partial charge in [-0.25, -0.2) is 8.78 Å². The third-order valence-electron chi connectivity index (χ3n) is 3.82. The first-order valence-corrected chi connectivity index (χ1v) is 7.82. The van der Waals surface area contributed by atoms with Crippen LogP contribution in [-0.4, -0.2) is 22.6 Å². The molecule has 3 N–H and O–H groups in total. The number of hydrogen-bond acceptors (Lipinski definition) is 4. The van der Waals surface area contributed by atoms with Crippen molar-refractivity contribution < 1.29 is 13.6 Å². The summed E-state index contributed by atoms with van der Waals surface area (Å²) in [4.78, 5) is 12.1. The van der Waals surface area contributed by atoms with Crippen molar-refractivity contribution in [3.8, 4) is 11.1 Å². The average molecular weight is 342 g/mol. The zero-order valence-electron chi connectivity index (χ0n) is 13.5. The van der Waals surface area contributed by atoms with E-state index in [0.717, 1.165) is 12.5 Å². The van der Waals surface area contributed by atoms with Crippen LogP contribution in [0.3, 0.4) is 0 Å². The van der Waals surface area contributed by atoms with Crippen molar-refractivity contribution in [2.75, 3.05) is 12.3 Å². The second-order valence-corrected chi connectivity index (χ2v) is 5.52. The van der Waals surface area contributed by atoms with Gasteiger partial charge >= 0.3 is 0 Å². The predicted octanol–water partition coefficient (Wildman–Crippen LogP) is 3.30. The molecule has 3 aromatic rings. The number of aromatic nitrogens is 2. The zero-order valence-corrected chi connectivity index (χ0v) is 13.5. The van der Waals surface area contributed by atoms with Gasteiger partial charge in [0.2, 0.25) is 0 Å². The molecule has 0 aliphatic carbocycles. The van der Waals surface area contributed by atoms with Gasteiger partial charge in [0.15, 0.2) is 17.3 Å². The Morgan fingerprint density at radius 1 is 1.12 bits per heavy atom. The van der Waals surface area contributed by atoms with E-state index in [0.29, 0.717) is 23.0 Å². The molecule has 0 aliphatic rings. The summed E-state index contributed by atoms with van der Waals surface area (Å²) in [5.41, 5.74) is 6.95. The van der Waals surface area contributed by atoms with Crippen LogP contribution < -0.4 is 11.1 Å². The number of fused-ring (bicyclic) bond motifs is 1. The van der Waals surface area contributed by atoms with Gasteiger partial charge in [-0.1, -0.05) is 37.3 Å². The molecule has 5 nitrogen and oxygen atoms in total. The van der Waals surface area contributed by atoms with Gasteiger partial charge in [0.05, 0.1) is 5.69 Å². The molecule has 1 amide bonds. The summed E-state index contributed by atoms with van der Waals surface area (Å²) in [6.07, 6.45) is 0.773. The number of rotatable bonds is 4. The monoisotopic (exact) mass is 342 g/mol. The molecule has 0 radical (unpaired) electrons. The minimum Gasteiger partial charge on any atom is -0.396 e. The molecule has 0 saturated heterocycles. The minimum absolute atomic E-state index is 0.0119. The largest absolute Gasteiger partial charge is 0.396 e. The first-order chi connectivity index (χ1) is 12.0. The van der Waals surface area contributed by atoms with Gasteiger partial charge in [0.1, 0.15) is 5.52 Å². The van der Waals surface area contributed by atoms with E-state index in [2.05, 4.69) is 15.5 Å². The Bertz CT molecular complexity index is 959. The fourth-order valence-electron chi connectivity index (χ4n) is 2.57. The van der Waals surface area contributed by atoms with E-state index < -0.39 is 17.5 Å². The molecule has 0 spiro atoms. The summed E-state index contributed by atoms with van der Waals surface area (Å²) >= 11 is 0. The normalized spacial score (nSPS) is 10.8. The van der Waals surface area contributed by atoms with Crippen LogP contribution in [0.25, 0.3) is 22.0 Å². The van der Waals surface area contributed by atoms with Gasteiger partial charge in [-0.3, -0.25) is 4.79 Å². The molecule has 7 heteroatoms. The van der Waals surface area contributed by atoms with Crippen molar-refractivity contribution in [2.45, 2.75) is 13.3 Å². The fraction of sp³-hybridized carbons (Fsp3) is 0.167. The van der Waals surface area contributed by atoms with Crippen molar-refractivity contribution in [3.05, 3.63) is 53.7 Å². The molecular formula is C18H16F2N4O. The summed E-state index contributed by atoms with van der Waals surface area (Å²) in [5, 5.41) is 11.1. The number of carbonyl (C=O) groups is 1. The second kappa shape index (κ2) is 6.80. The Morgan fingerprint density at radius 2 is 1.84 bits per heavy atom. The fourth-order valence-corrected chi connectivity index (χ4v) is 2.57. The second-order valence-electron chi connectivity index (χ2n) is 5.52. The molecule has 0 atom stereocenters. The van der Waals surface area contributed by atoms with Crippen LogP contribution >= 0.6 is 0 Å². The van der Waals surface area contributed by atoms with Crippen LogP contribution in [0.4, 0.5) is 14.5 Å². The predicted molar refractivity (Wildman–Crippen MR) is 91.9 cm³/mol. The highest BCUT2D eigenvalue weighted by atomic mass is 19.2. The molecule has 0 saturated carbocycles. The number of nitrogens with two attached hydrogens (primary N) is 1. The standard InChI is InChI=1S/C18H16F2N4O/c1-2-9-22-18(25)17-15(21)12-7-3-6-11(16(12)23-24-17)10-5-4-8-13(19)14(10)20/h3-8H,2,9H2,1H3,(H2,21,23)(H,22,25). The van der Waals surface area contributed by atoms with Crippen LogP contribution in [-0.2, 0) is 0 Å². The Labute approximate surface area is 142 Å².